The van der Waals surface area contributed by atoms with Crippen LogP contribution in [0.5, 0.6) is 0 Å². The van der Waals surface area contributed by atoms with E-state index < -0.39 is 12.0 Å². The predicted octanol–water partition coefficient (Wildman–Crippen LogP) is 2.90. The number of aryl methyl sites for hydroxylation is 1. The Kier molecular flexibility index (Phi) is 6.05. The first kappa shape index (κ1) is 19.7. The topological polar surface area (TPSA) is 112 Å². The van der Waals surface area contributed by atoms with Gasteiger partial charge in [0.1, 0.15) is 11.0 Å². The second-order valence-corrected chi connectivity index (χ2v) is 8.55. The molecule has 0 saturated carbocycles. The molecule has 8 nitrogen and oxygen atoms in total. The second kappa shape index (κ2) is 8.30. The van der Waals surface area contributed by atoms with E-state index in [4.69, 9.17) is 10.5 Å². The minimum Gasteiger partial charge on any atom is -0.465 e. The number of amides is 1. The van der Waals surface area contributed by atoms with Crippen molar-refractivity contribution in [2.75, 3.05) is 23.9 Å². The van der Waals surface area contributed by atoms with Crippen LogP contribution in [0, 0.1) is 0 Å². The Bertz CT molecular complexity index is 861. The molecule has 1 aliphatic carbocycles. The third-order valence-electron chi connectivity index (χ3n) is 4.53. The maximum absolute atomic E-state index is 12.9. The van der Waals surface area contributed by atoms with Crippen molar-refractivity contribution in [3.8, 4) is 0 Å². The Balaban J connectivity index is 1.89. The molecular weight excluding hydrogens is 386 g/mol. The van der Waals surface area contributed by atoms with Crippen molar-refractivity contribution >= 4 is 45.9 Å². The number of esters is 1. The zero-order valence-electron chi connectivity index (χ0n) is 15.6. The molecule has 0 aromatic carbocycles. The van der Waals surface area contributed by atoms with E-state index >= 15 is 0 Å². The van der Waals surface area contributed by atoms with Crippen LogP contribution < -0.4 is 11.1 Å². The van der Waals surface area contributed by atoms with E-state index in [0.29, 0.717) is 15.7 Å². The average molecular weight is 410 g/mol. The number of ether oxygens (including phenoxy) is 1. The number of thioether (sulfide) groups is 1. The van der Waals surface area contributed by atoms with Gasteiger partial charge in [-0.25, -0.2) is 4.79 Å². The molecule has 2 heterocycles. The number of nitrogens with zero attached hydrogens (tertiary/aromatic N) is 3. The lowest BCUT2D eigenvalue weighted by Gasteiger charge is -2.16. The number of anilines is 2. The van der Waals surface area contributed by atoms with Crippen LogP contribution in [-0.4, -0.2) is 39.5 Å². The minimum absolute atomic E-state index is 0.187. The van der Waals surface area contributed by atoms with E-state index in [-0.39, 0.29) is 11.9 Å². The fourth-order valence-corrected chi connectivity index (χ4v) is 5.21. The van der Waals surface area contributed by atoms with Gasteiger partial charge in [-0.15, -0.1) is 21.5 Å². The highest BCUT2D eigenvalue weighted by Crippen LogP contribution is 2.39. The number of hydrogen-bond acceptors (Lipinski definition) is 8. The van der Waals surface area contributed by atoms with Gasteiger partial charge in [0, 0.05) is 4.88 Å². The summed E-state index contributed by atoms with van der Waals surface area (Å²) in [7, 11) is 1.36. The van der Waals surface area contributed by atoms with Gasteiger partial charge in [-0.1, -0.05) is 18.7 Å². The van der Waals surface area contributed by atoms with Crippen molar-refractivity contribution in [3.05, 3.63) is 16.0 Å². The number of nitrogens with two attached hydrogens (primary N) is 1. The maximum Gasteiger partial charge on any atom is 0.341 e. The molecular formula is C17H23N5O3S2. The minimum atomic E-state index is -0.612. The first-order valence-electron chi connectivity index (χ1n) is 8.84. The molecule has 1 unspecified atom stereocenters. The van der Waals surface area contributed by atoms with Crippen LogP contribution in [-0.2, 0) is 22.4 Å². The molecule has 146 valence electrons. The third kappa shape index (κ3) is 3.81. The van der Waals surface area contributed by atoms with Crippen LogP contribution in [0.1, 0.15) is 53.5 Å². The van der Waals surface area contributed by atoms with Crippen LogP contribution in [0.2, 0.25) is 0 Å². The van der Waals surface area contributed by atoms with Gasteiger partial charge in [-0.2, -0.15) is 0 Å². The van der Waals surface area contributed by atoms with E-state index in [2.05, 4.69) is 15.5 Å². The SMILES string of the molecule is CCSc1nnc(N)n1C(C)C(=O)Nc1sc2c(c1C(=O)OC)CCCC2. The van der Waals surface area contributed by atoms with Crippen LogP contribution in [0.4, 0.5) is 10.9 Å². The Morgan fingerprint density at radius 3 is 2.81 bits per heavy atom. The highest BCUT2D eigenvalue weighted by atomic mass is 32.2. The Labute approximate surface area is 165 Å². The number of rotatable bonds is 6. The zero-order chi connectivity index (χ0) is 19.6. The second-order valence-electron chi connectivity index (χ2n) is 6.22. The number of thiophene rings is 1. The Morgan fingerprint density at radius 2 is 2.11 bits per heavy atom. The van der Waals surface area contributed by atoms with Gasteiger partial charge in [0.15, 0.2) is 5.16 Å². The van der Waals surface area contributed by atoms with Crippen molar-refractivity contribution in [1.29, 1.82) is 0 Å². The van der Waals surface area contributed by atoms with Gasteiger partial charge < -0.3 is 15.8 Å². The summed E-state index contributed by atoms with van der Waals surface area (Å²) in [5.74, 6) is 0.287. The van der Waals surface area contributed by atoms with Crippen LogP contribution in [0.3, 0.4) is 0 Å². The molecule has 2 aromatic heterocycles. The van der Waals surface area contributed by atoms with Crippen molar-refractivity contribution in [3.63, 3.8) is 0 Å². The molecule has 2 aromatic rings. The Hall–Kier alpha value is -2.07. The third-order valence-corrected chi connectivity index (χ3v) is 6.56. The van der Waals surface area contributed by atoms with E-state index in [9.17, 15) is 9.59 Å². The molecule has 27 heavy (non-hydrogen) atoms. The van der Waals surface area contributed by atoms with E-state index in [0.717, 1.165) is 41.9 Å². The zero-order valence-corrected chi connectivity index (χ0v) is 17.2. The summed E-state index contributed by atoms with van der Waals surface area (Å²) in [6.45, 7) is 3.73. The highest BCUT2D eigenvalue weighted by Gasteiger charge is 2.29. The fraction of sp³-hybridized carbons (Fsp3) is 0.529. The normalized spacial score (nSPS) is 14.5. The Morgan fingerprint density at radius 1 is 1.37 bits per heavy atom. The number of fused-ring (bicyclic) bond motifs is 1. The monoisotopic (exact) mass is 409 g/mol. The van der Waals surface area contributed by atoms with Crippen molar-refractivity contribution in [2.45, 2.75) is 50.7 Å². The van der Waals surface area contributed by atoms with Crippen LogP contribution >= 0.6 is 23.1 Å². The summed E-state index contributed by atoms with van der Waals surface area (Å²) in [4.78, 5) is 26.4. The van der Waals surface area contributed by atoms with Gasteiger partial charge >= 0.3 is 5.97 Å². The maximum atomic E-state index is 12.9. The van der Waals surface area contributed by atoms with Crippen molar-refractivity contribution < 1.29 is 14.3 Å². The molecule has 0 bridgehead atoms. The van der Waals surface area contributed by atoms with Gasteiger partial charge in [0.25, 0.3) is 0 Å². The number of hydrogen-bond donors (Lipinski definition) is 2. The van der Waals surface area contributed by atoms with E-state index in [1.54, 1.807) is 11.5 Å². The number of carbonyl (C=O) groups excluding carboxylic acids is 2. The van der Waals surface area contributed by atoms with Gasteiger partial charge in [0.2, 0.25) is 11.9 Å². The summed E-state index contributed by atoms with van der Waals surface area (Å²) in [6, 6.07) is -0.612. The molecule has 0 saturated heterocycles. The van der Waals surface area contributed by atoms with Crippen LogP contribution in [0.25, 0.3) is 0 Å². The molecule has 10 heteroatoms. The molecule has 0 fully saturated rings. The lowest BCUT2D eigenvalue weighted by atomic mass is 9.95. The summed E-state index contributed by atoms with van der Waals surface area (Å²) in [6.07, 6.45) is 3.88. The lowest BCUT2D eigenvalue weighted by molar-refractivity contribution is -0.118. The molecule has 1 aliphatic rings. The fourth-order valence-electron chi connectivity index (χ4n) is 3.19. The summed E-state index contributed by atoms with van der Waals surface area (Å²) in [5.41, 5.74) is 7.40. The largest absolute Gasteiger partial charge is 0.465 e. The first-order chi connectivity index (χ1) is 13.0. The van der Waals surface area contributed by atoms with Gasteiger partial charge in [0.05, 0.1) is 12.7 Å². The molecule has 0 spiro atoms. The molecule has 0 aliphatic heterocycles. The average Bonchev–Trinajstić information content (AvgIpc) is 3.20. The molecule has 3 N–H and O–H groups in total. The molecule has 3 rings (SSSR count). The van der Waals surface area contributed by atoms with E-state index in [1.165, 1.54) is 30.2 Å². The number of carbonyl (C=O) groups is 2. The lowest BCUT2D eigenvalue weighted by Crippen LogP contribution is -2.25. The highest BCUT2D eigenvalue weighted by molar-refractivity contribution is 7.99. The summed E-state index contributed by atoms with van der Waals surface area (Å²) < 4.78 is 6.56. The number of nitrogen functional groups attached to an aromatic ring is 1. The number of nitrogens with one attached hydrogen (secondary N) is 1. The summed E-state index contributed by atoms with van der Waals surface area (Å²) in [5, 5.41) is 11.9. The van der Waals surface area contributed by atoms with Crippen molar-refractivity contribution in [1.82, 2.24) is 14.8 Å². The standard InChI is InChI=1S/C17H23N5O3S2/c1-4-26-17-21-20-16(18)22(17)9(2)13(23)19-14-12(15(24)25-3)10-7-5-6-8-11(10)27-14/h9H,4-8H2,1-3H3,(H2,18,20)(H,19,23). The number of aromatic nitrogens is 3. The van der Waals surface area contributed by atoms with Crippen molar-refractivity contribution in [2.24, 2.45) is 0 Å². The van der Waals surface area contributed by atoms with E-state index in [1.807, 2.05) is 6.92 Å². The van der Waals surface area contributed by atoms with Gasteiger partial charge in [-0.3, -0.25) is 9.36 Å². The summed E-state index contributed by atoms with van der Waals surface area (Å²) >= 11 is 2.92. The smallest absolute Gasteiger partial charge is 0.341 e. The first-order valence-corrected chi connectivity index (χ1v) is 10.6. The predicted molar refractivity (Wildman–Crippen MR) is 106 cm³/mol. The molecule has 0 radical (unpaired) electrons. The molecule has 1 atom stereocenters. The van der Waals surface area contributed by atoms with Crippen LogP contribution in [0.15, 0.2) is 5.16 Å². The van der Waals surface area contributed by atoms with Gasteiger partial charge in [-0.05, 0) is 43.9 Å². The number of methoxy groups -OCH3 is 1. The quantitative estimate of drug-likeness (QED) is 0.557. The molecule has 1 amide bonds.